The minimum Gasteiger partial charge on any atom is -0.497 e. The molecular weight excluding hydrogens is 352 g/mol. The predicted molar refractivity (Wildman–Crippen MR) is 100 cm³/mol. The lowest BCUT2D eigenvalue weighted by molar-refractivity contribution is 0.414. The van der Waals surface area contributed by atoms with Crippen LogP contribution < -0.4 is 10.3 Å². The van der Waals surface area contributed by atoms with E-state index in [1.807, 2.05) is 24.3 Å². The van der Waals surface area contributed by atoms with Gasteiger partial charge in [-0.15, -0.1) is 0 Å². The number of methoxy groups -OCH3 is 1. The Morgan fingerprint density at radius 2 is 1.77 bits per heavy atom. The van der Waals surface area contributed by atoms with Crippen LogP contribution in [0.5, 0.6) is 5.75 Å². The van der Waals surface area contributed by atoms with E-state index in [1.165, 1.54) is 27.2 Å². The van der Waals surface area contributed by atoms with Gasteiger partial charge in [0.15, 0.2) is 0 Å². The summed E-state index contributed by atoms with van der Waals surface area (Å²) in [4.78, 5) is 12.4. The Kier molecular flexibility index (Phi) is 5.78. The Bertz CT molecular complexity index is 913. The van der Waals surface area contributed by atoms with Gasteiger partial charge in [-0.05, 0) is 36.6 Å². The fourth-order valence-corrected chi connectivity index (χ4v) is 4.72. The highest BCUT2D eigenvalue weighted by Crippen LogP contribution is 2.20. The molecule has 0 aliphatic carbocycles. The highest BCUT2D eigenvalue weighted by atomic mass is 32.2. The quantitative estimate of drug-likeness (QED) is 0.804. The second-order valence-corrected chi connectivity index (χ2v) is 8.44. The minimum atomic E-state index is -3.58. The van der Waals surface area contributed by atoms with Crippen molar-refractivity contribution < 1.29 is 13.2 Å². The molecule has 26 heavy (non-hydrogen) atoms. The van der Waals surface area contributed by atoms with Gasteiger partial charge in [0, 0.05) is 25.4 Å². The number of rotatable bonds is 5. The molecule has 0 atom stereocenters. The zero-order valence-corrected chi connectivity index (χ0v) is 15.7. The summed E-state index contributed by atoms with van der Waals surface area (Å²) < 4.78 is 34.1. The topological polar surface area (TPSA) is 68.6 Å². The molecule has 1 aromatic heterocycles. The first-order valence-corrected chi connectivity index (χ1v) is 10.3. The Labute approximate surface area is 154 Å². The number of aromatic nitrogens is 1. The molecule has 0 spiro atoms. The third kappa shape index (κ3) is 4.16. The molecule has 1 aliphatic rings. The summed E-state index contributed by atoms with van der Waals surface area (Å²) in [5.41, 5.74) is 0.637. The van der Waals surface area contributed by atoms with Gasteiger partial charge in [0.2, 0.25) is 10.0 Å². The number of hydrogen-bond acceptors (Lipinski definition) is 4. The van der Waals surface area contributed by atoms with E-state index in [-0.39, 0.29) is 10.5 Å². The summed E-state index contributed by atoms with van der Waals surface area (Å²) in [5, 5.41) is 0. The predicted octanol–water partition coefficient (Wildman–Crippen LogP) is 2.47. The van der Waals surface area contributed by atoms with E-state index in [9.17, 15) is 13.2 Å². The van der Waals surface area contributed by atoms with Crippen LogP contribution in [0.3, 0.4) is 0 Å². The molecule has 140 valence electrons. The van der Waals surface area contributed by atoms with E-state index in [1.54, 1.807) is 7.11 Å². The summed E-state index contributed by atoms with van der Waals surface area (Å²) in [5.74, 6) is 0.698. The Hall–Kier alpha value is -2.12. The van der Waals surface area contributed by atoms with Gasteiger partial charge >= 0.3 is 0 Å². The lowest BCUT2D eigenvalue weighted by Gasteiger charge is -2.20. The molecule has 0 amide bonds. The van der Waals surface area contributed by atoms with Gasteiger partial charge in [0.1, 0.15) is 5.75 Å². The van der Waals surface area contributed by atoms with Crippen molar-refractivity contribution in [2.45, 2.75) is 37.1 Å². The van der Waals surface area contributed by atoms with E-state index < -0.39 is 10.0 Å². The van der Waals surface area contributed by atoms with Crippen LogP contribution >= 0.6 is 0 Å². The zero-order chi connectivity index (χ0) is 18.6. The maximum atomic E-state index is 12.9. The van der Waals surface area contributed by atoms with Crippen LogP contribution in [0.2, 0.25) is 0 Å². The van der Waals surface area contributed by atoms with Crippen molar-refractivity contribution in [3.8, 4) is 5.75 Å². The van der Waals surface area contributed by atoms with Crippen LogP contribution in [0.25, 0.3) is 0 Å². The smallest absolute Gasteiger partial charge is 0.250 e. The first-order valence-electron chi connectivity index (χ1n) is 8.84. The van der Waals surface area contributed by atoms with Gasteiger partial charge in [0.05, 0.1) is 18.6 Å². The normalized spacial score (nSPS) is 16.2. The van der Waals surface area contributed by atoms with Gasteiger partial charge in [-0.2, -0.15) is 4.31 Å². The number of pyridine rings is 1. The van der Waals surface area contributed by atoms with Crippen LogP contribution in [0.4, 0.5) is 0 Å². The van der Waals surface area contributed by atoms with E-state index in [2.05, 4.69) is 0 Å². The van der Waals surface area contributed by atoms with Crippen LogP contribution in [0.15, 0.2) is 52.3 Å². The Balaban J connectivity index is 1.90. The fraction of sp³-hybridized carbons (Fsp3) is 0.421. The number of benzene rings is 1. The van der Waals surface area contributed by atoms with Crippen LogP contribution in [0.1, 0.15) is 31.2 Å². The highest BCUT2D eigenvalue weighted by Gasteiger charge is 2.25. The van der Waals surface area contributed by atoms with Gasteiger partial charge in [-0.1, -0.05) is 25.0 Å². The van der Waals surface area contributed by atoms with Gasteiger partial charge in [0.25, 0.3) is 5.56 Å². The molecule has 3 rings (SSSR count). The maximum Gasteiger partial charge on any atom is 0.250 e. The second kappa shape index (κ2) is 8.05. The Morgan fingerprint density at radius 1 is 1.04 bits per heavy atom. The minimum absolute atomic E-state index is 0.168. The van der Waals surface area contributed by atoms with E-state index in [0.717, 1.165) is 31.2 Å². The highest BCUT2D eigenvalue weighted by molar-refractivity contribution is 7.89. The summed E-state index contributed by atoms with van der Waals surface area (Å²) in [7, 11) is -2.00. The van der Waals surface area contributed by atoms with E-state index >= 15 is 0 Å². The Morgan fingerprint density at radius 3 is 2.46 bits per heavy atom. The number of hydrogen-bond donors (Lipinski definition) is 0. The molecule has 1 aliphatic heterocycles. The average Bonchev–Trinajstić information content (AvgIpc) is 2.93. The number of ether oxygens (including phenoxy) is 1. The summed E-state index contributed by atoms with van der Waals surface area (Å²) in [6.45, 7) is 1.37. The molecule has 0 N–H and O–H groups in total. The monoisotopic (exact) mass is 376 g/mol. The molecule has 1 aromatic carbocycles. The summed E-state index contributed by atoms with van der Waals surface area (Å²) >= 11 is 0. The summed E-state index contributed by atoms with van der Waals surface area (Å²) in [6, 6.07) is 10.1. The second-order valence-electron chi connectivity index (χ2n) is 6.50. The first-order chi connectivity index (χ1) is 12.5. The van der Waals surface area contributed by atoms with Crippen LogP contribution in [-0.4, -0.2) is 37.5 Å². The zero-order valence-electron chi connectivity index (χ0n) is 14.9. The van der Waals surface area contributed by atoms with Crippen molar-refractivity contribution in [3.05, 3.63) is 58.5 Å². The van der Waals surface area contributed by atoms with Crippen molar-refractivity contribution in [1.29, 1.82) is 0 Å². The molecule has 0 unspecified atom stereocenters. The van der Waals surface area contributed by atoms with Gasteiger partial charge < -0.3 is 9.30 Å². The van der Waals surface area contributed by atoms with Gasteiger partial charge in [-0.25, -0.2) is 8.42 Å². The van der Waals surface area contributed by atoms with Crippen molar-refractivity contribution in [1.82, 2.24) is 8.87 Å². The standard InChI is InChI=1S/C19H24N2O4S/c1-25-17-8-6-7-16(13-17)14-20-15-18(9-10-19(20)22)26(23,24)21-11-4-2-3-5-12-21/h6-10,13,15H,2-5,11-12,14H2,1H3. The molecule has 7 heteroatoms. The lowest BCUT2D eigenvalue weighted by Crippen LogP contribution is -2.33. The molecule has 2 heterocycles. The largest absolute Gasteiger partial charge is 0.497 e. The lowest BCUT2D eigenvalue weighted by atomic mass is 10.2. The molecule has 2 aromatic rings. The average molecular weight is 376 g/mol. The molecular formula is C19H24N2O4S. The van der Waals surface area contributed by atoms with Gasteiger partial charge in [-0.3, -0.25) is 4.79 Å². The van der Waals surface area contributed by atoms with Crippen molar-refractivity contribution in [2.24, 2.45) is 0 Å². The summed E-state index contributed by atoms with van der Waals surface area (Å²) in [6.07, 6.45) is 5.32. The third-order valence-corrected chi connectivity index (χ3v) is 6.53. The van der Waals surface area contributed by atoms with Crippen LogP contribution in [-0.2, 0) is 16.6 Å². The maximum absolute atomic E-state index is 12.9. The molecule has 6 nitrogen and oxygen atoms in total. The molecule has 1 saturated heterocycles. The third-order valence-electron chi connectivity index (χ3n) is 4.65. The van der Waals surface area contributed by atoms with Crippen molar-refractivity contribution in [2.75, 3.05) is 20.2 Å². The first kappa shape index (κ1) is 18.7. The molecule has 0 saturated carbocycles. The molecule has 1 fully saturated rings. The van der Waals surface area contributed by atoms with E-state index in [4.69, 9.17) is 4.74 Å². The number of sulfonamides is 1. The molecule has 0 bridgehead atoms. The fourth-order valence-electron chi connectivity index (χ4n) is 3.18. The van der Waals surface area contributed by atoms with Crippen molar-refractivity contribution in [3.63, 3.8) is 0 Å². The van der Waals surface area contributed by atoms with Crippen LogP contribution in [0, 0.1) is 0 Å². The molecule has 0 radical (unpaired) electrons. The SMILES string of the molecule is COc1cccc(Cn2cc(S(=O)(=O)N3CCCCCC3)ccc2=O)c1. The number of nitrogens with zero attached hydrogens (tertiary/aromatic N) is 2. The van der Waals surface area contributed by atoms with Crippen molar-refractivity contribution >= 4 is 10.0 Å². The van der Waals surface area contributed by atoms with E-state index in [0.29, 0.717) is 25.4 Å².